The van der Waals surface area contributed by atoms with Crippen LogP contribution in [0.4, 0.5) is 16.3 Å². The van der Waals surface area contributed by atoms with Crippen LogP contribution >= 0.6 is 11.3 Å². The molecule has 0 aliphatic carbocycles. The van der Waals surface area contributed by atoms with Crippen LogP contribution in [0.25, 0.3) is 10.2 Å². The van der Waals surface area contributed by atoms with E-state index in [9.17, 15) is 29.4 Å². The second kappa shape index (κ2) is 7.76. The van der Waals surface area contributed by atoms with E-state index in [4.69, 9.17) is 4.42 Å². The third-order valence-electron chi connectivity index (χ3n) is 4.15. The number of para-hydroxylation sites is 1. The van der Waals surface area contributed by atoms with Crippen LogP contribution in [0.2, 0.25) is 0 Å². The van der Waals surface area contributed by atoms with E-state index in [1.54, 1.807) is 18.2 Å². The Morgan fingerprint density at radius 2 is 1.77 bits per heavy atom. The number of hydrogen-bond donors (Lipinski definition) is 4. The molecule has 156 valence electrons. The number of anilines is 2. The van der Waals surface area contributed by atoms with Crippen molar-refractivity contribution in [3.8, 4) is 0 Å². The second-order valence-corrected chi connectivity index (χ2v) is 7.14. The summed E-state index contributed by atoms with van der Waals surface area (Å²) >= 11 is 0.715. The highest BCUT2D eigenvalue weighted by Crippen LogP contribution is 2.32. The van der Waals surface area contributed by atoms with Crippen molar-refractivity contribution in [1.29, 1.82) is 0 Å². The lowest BCUT2D eigenvalue weighted by molar-refractivity contribution is 0.0701. The zero-order valence-electron chi connectivity index (χ0n) is 15.4. The van der Waals surface area contributed by atoms with E-state index in [0.29, 0.717) is 16.0 Å². The number of carboxylic acid groups (broad SMARTS) is 2. The van der Waals surface area contributed by atoms with E-state index in [0.717, 1.165) is 0 Å². The lowest BCUT2D eigenvalue weighted by Crippen LogP contribution is -2.18. The quantitative estimate of drug-likeness (QED) is 0.367. The van der Waals surface area contributed by atoms with E-state index in [-0.39, 0.29) is 37.9 Å². The molecule has 31 heavy (non-hydrogen) atoms. The summed E-state index contributed by atoms with van der Waals surface area (Å²) < 4.78 is 5.62. The fourth-order valence-corrected chi connectivity index (χ4v) is 3.74. The minimum absolute atomic E-state index is 0.0524. The molecule has 4 N–H and O–H groups in total. The van der Waals surface area contributed by atoms with Gasteiger partial charge in [-0.3, -0.25) is 9.59 Å². The zero-order valence-corrected chi connectivity index (χ0v) is 16.2. The van der Waals surface area contributed by atoms with Gasteiger partial charge in [0.15, 0.2) is 11.6 Å². The molecule has 0 radical (unpaired) electrons. The first-order valence-electron chi connectivity index (χ1n) is 8.59. The Labute approximate surface area is 176 Å². The molecule has 12 heteroatoms. The van der Waals surface area contributed by atoms with Gasteiger partial charge in [-0.1, -0.05) is 12.1 Å². The first kappa shape index (κ1) is 19.8. The van der Waals surface area contributed by atoms with Crippen molar-refractivity contribution in [3.63, 3.8) is 0 Å². The van der Waals surface area contributed by atoms with Gasteiger partial charge in [0.05, 0.1) is 22.9 Å². The summed E-state index contributed by atoms with van der Waals surface area (Å²) in [7, 11) is 0. The van der Waals surface area contributed by atoms with Gasteiger partial charge < -0.3 is 25.3 Å². The van der Waals surface area contributed by atoms with E-state index < -0.39 is 23.9 Å². The van der Waals surface area contributed by atoms with Crippen molar-refractivity contribution in [2.45, 2.75) is 0 Å². The first-order valence-corrected chi connectivity index (χ1v) is 9.41. The smallest absolute Gasteiger partial charge is 0.433 e. The van der Waals surface area contributed by atoms with Gasteiger partial charge in [-0.25, -0.2) is 9.59 Å². The van der Waals surface area contributed by atoms with Gasteiger partial charge in [-0.2, -0.15) is 4.68 Å². The van der Waals surface area contributed by atoms with E-state index in [1.807, 2.05) is 0 Å². The van der Waals surface area contributed by atoms with Crippen LogP contribution in [0.5, 0.6) is 0 Å². The predicted octanol–water partition coefficient (Wildman–Crippen LogP) is 3.42. The van der Waals surface area contributed by atoms with Crippen molar-refractivity contribution in [3.05, 3.63) is 64.9 Å². The summed E-state index contributed by atoms with van der Waals surface area (Å²) in [6.45, 7) is 0. The van der Waals surface area contributed by atoms with Crippen LogP contribution in [0, 0.1) is 0 Å². The predicted molar refractivity (Wildman–Crippen MR) is 109 cm³/mol. The number of furan rings is 1. The highest BCUT2D eigenvalue weighted by atomic mass is 32.1. The lowest BCUT2D eigenvalue weighted by atomic mass is 10.1. The number of aromatic carboxylic acids is 1. The van der Waals surface area contributed by atoms with E-state index in [2.05, 4.69) is 15.7 Å². The minimum atomic E-state index is -1.43. The number of benzene rings is 1. The maximum Gasteiger partial charge on any atom is 0.433 e. The van der Waals surface area contributed by atoms with Crippen LogP contribution in [-0.4, -0.2) is 43.9 Å². The molecule has 0 aliphatic heterocycles. The third-order valence-corrected chi connectivity index (χ3v) is 5.25. The van der Waals surface area contributed by atoms with Gasteiger partial charge in [0.2, 0.25) is 0 Å². The molecule has 3 heterocycles. The van der Waals surface area contributed by atoms with Crippen molar-refractivity contribution >= 4 is 56.9 Å². The zero-order chi connectivity index (χ0) is 22.1. The summed E-state index contributed by atoms with van der Waals surface area (Å²) in [4.78, 5) is 47.8. The number of rotatable bonds is 5. The number of carboxylic acids is 1. The van der Waals surface area contributed by atoms with Crippen LogP contribution in [0.1, 0.15) is 30.6 Å². The number of carbonyl (C=O) groups is 4. The monoisotopic (exact) mass is 440 g/mol. The van der Waals surface area contributed by atoms with Crippen molar-refractivity contribution in [2.24, 2.45) is 0 Å². The summed E-state index contributed by atoms with van der Waals surface area (Å²) in [5.41, 5.74) is 0.265. The molecule has 0 spiro atoms. The molecule has 0 fully saturated rings. The summed E-state index contributed by atoms with van der Waals surface area (Å²) in [6, 6.07) is 10.4. The Balaban J connectivity index is 1.66. The van der Waals surface area contributed by atoms with Crippen LogP contribution < -0.4 is 10.6 Å². The SMILES string of the molecule is O=C(Nc1ccccc1C(=O)Nc1nn(C(=O)O)c2sc(C(=O)O)cc12)c1ccco1. The number of fused-ring (bicyclic) bond motifs is 1. The Morgan fingerprint density at radius 3 is 2.45 bits per heavy atom. The van der Waals surface area contributed by atoms with Gasteiger partial charge in [0, 0.05) is 0 Å². The summed E-state index contributed by atoms with van der Waals surface area (Å²) in [5, 5.41) is 27.6. The fraction of sp³-hybridized carbons (Fsp3) is 0. The average molecular weight is 440 g/mol. The molecule has 1 aromatic carbocycles. The fourth-order valence-electron chi connectivity index (χ4n) is 2.79. The lowest BCUT2D eigenvalue weighted by Gasteiger charge is -2.10. The molecule has 0 atom stereocenters. The van der Waals surface area contributed by atoms with Gasteiger partial charge >= 0.3 is 12.1 Å². The van der Waals surface area contributed by atoms with Crippen LogP contribution in [0.15, 0.2) is 53.1 Å². The van der Waals surface area contributed by atoms with E-state index >= 15 is 0 Å². The van der Waals surface area contributed by atoms with Gasteiger partial charge in [-0.15, -0.1) is 16.4 Å². The summed E-state index contributed by atoms with van der Waals surface area (Å²) in [6.07, 6.45) is -0.0977. The molecule has 0 saturated heterocycles. The highest BCUT2D eigenvalue weighted by molar-refractivity contribution is 7.20. The van der Waals surface area contributed by atoms with Crippen molar-refractivity contribution < 1.29 is 33.8 Å². The molecule has 0 bridgehead atoms. The molecule has 3 aromatic heterocycles. The third kappa shape index (κ3) is 3.74. The van der Waals surface area contributed by atoms with Crippen molar-refractivity contribution in [1.82, 2.24) is 9.78 Å². The topological polar surface area (TPSA) is 164 Å². The molecular weight excluding hydrogens is 428 g/mol. The molecule has 0 aliphatic rings. The number of amides is 2. The molecule has 4 rings (SSSR count). The summed E-state index contributed by atoms with van der Waals surface area (Å²) in [5.74, 6) is -2.56. The molecule has 0 unspecified atom stereocenters. The molecule has 2 amide bonds. The Kier molecular flexibility index (Phi) is 4.97. The van der Waals surface area contributed by atoms with Crippen LogP contribution in [-0.2, 0) is 0 Å². The molecular formula is C19H12N4O7S. The standard InChI is InChI=1S/C19H12N4O7S/c24-15(9-4-1-2-5-11(9)20-16(25)12-6-3-7-30-12)21-14-10-8-13(18(26)27)31-17(10)23(22-14)19(28)29/h1-8H,(H,20,25)(H,26,27)(H,28,29)(H,21,22,24). The van der Waals surface area contributed by atoms with Gasteiger partial charge in [0.1, 0.15) is 9.71 Å². The van der Waals surface area contributed by atoms with Crippen LogP contribution in [0.3, 0.4) is 0 Å². The second-order valence-electron chi connectivity index (χ2n) is 6.11. The van der Waals surface area contributed by atoms with Gasteiger partial charge in [0.25, 0.3) is 11.8 Å². The number of aromatic nitrogens is 2. The number of nitrogens with one attached hydrogen (secondary N) is 2. The Bertz CT molecular complexity index is 1340. The Hall–Kier alpha value is -4.45. The molecule has 0 saturated carbocycles. The normalized spacial score (nSPS) is 10.7. The average Bonchev–Trinajstić information content (AvgIpc) is 3.46. The Morgan fingerprint density at radius 1 is 1.00 bits per heavy atom. The largest absolute Gasteiger partial charge is 0.477 e. The number of nitrogens with zero attached hydrogens (tertiary/aromatic N) is 2. The first-order chi connectivity index (χ1) is 14.8. The van der Waals surface area contributed by atoms with Gasteiger partial charge in [-0.05, 0) is 30.3 Å². The highest BCUT2D eigenvalue weighted by Gasteiger charge is 2.23. The number of thiophene rings is 1. The van der Waals surface area contributed by atoms with Crippen molar-refractivity contribution in [2.75, 3.05) is 10.6 Å². The number of carbonyl (C=O) groups excluding carboxylic acids is 2. The van der Waals surface area contributed by atoms with E-state index in [1.165, 1.54) is 30.5 Å². The number of hydrogen-bond acceptors (Lipinski definition) is 7. The maximum absolute atomic E-state index is 12.9. The molecule has 11 nitrogen and oxygen atoms in total. The molecule has 4 aromatic rings. The maximum atomic E-state index is 12.9. The minimum Gasteiger partial charge on any atom is -0.477 e.